The third-order valence-corrected chi connectivity index (χ3v) is 4.31. The third kappa shape index (κ3) is 4.47. The molecule has 5 heteroatoms. The van der Waals surface area contributed by atoms with Gasteiger partial charge in [0.1, 0.15) is 5.75 Å². The summed E-state index contributed by atoms with van der Waals surface area (Å²) >= 11 is 6.22. The highest BCUT2D eigenvalue weighted by Gasteiger charge is 2.16. The van der Waals surface area contributed by atoms with Gasteiger partial charge in [-0.25, -0.2) is 0 Å². The highest BCUT2D eigenvalue weighted by atomic mass is 35.5. The zero-order valence-electron chi connectivity index (χ0n) is 12.9. The average Bonchev–Trinajstić information content (AvgIpc) is 2.56. The second-order valence-corrected chi connectivity index (χ2v) is 6.07. The number of piperazine rings is 1. The molecule has 0 aromatic heterocycles. The number of benzene rings is 2. The van der Waals surface area contributed by atoms with Crippen molar-refractivity contribution in [1.29, 1.82) is 0 Å². The summed E-state index contributed by atoms with van der Waals surface area (Å²) in [5.74, 6) is 0.263. The van der Waals surface area contributed by atoms with Gasteiger partial charge in [0.2, 0.25) is 0 Å². The quantitative estimate of drug-likeness (QED) is 0.876. The van der Waals surface area contributed by atoms with E-state index in [0.717, 1.165) is 43.3 Å². The molecule has 23 heavy (non-hydrogen) atoms. The van der Waals surface area contributed by atoms with Crippen LogP contribution >= 0.6 is 11.6 Å². The molecule has 0 unspecified atom stereocenters. The standard InChI is InChI=1S/C18H20ClN3O/c19-18-7-2-1-5-16(18)14-21-8-10-22(11-9-21)20-13-15-4-3-6-17(23)12-15/h1-7,12-13,23H,8-11,14H2/b20-13+. The average molecular weight is 330 g/mol. The van der Waals surface area contributed by atoms with E-state index in [-0.39, 0.29) is 5.75 Å². The van der Waals surface area contributed by atoms with Crippen LogP contribution in [-0.4, -0.2) is 47.4 Å². The maximum absolute atomic E-state index is 9.45. The van der Waals surface area contributed by atoms with E-state index in [1.165, 1.54) is 5.56 Å². The van der Waals surface area contributed by atoms with Gasteiger partial charge in [-0.05, 0) is 29.3 Å². The van der Waals surface area contributed by atoms with Crippen LogP contribution in [0.25, 0.3) is 0 Å². The predicted molar refractivity (Wildman–Crippen MR) is 94.0 cm³/mol. The minimum atomic E-state index is 0.263. The van der Waals surface area contributed by atoms with E-state index < -0.39 is 0 Å². The summed E-state index contributed by atoms with van der Waals surface area (Å²) in [6, 6.07) is 15.1. The fraction of sp³-hybridized carbons (Fsp3) is 0.278. The second-order valence-electron chi connectivity index (χ2n) is 5.66. The van der Waals surface area contributed by atoms with Crippen LogP contribution in [0.2, 0.25) is 5.02 Å². The number of rotatable bonds is 4. The number of hydrogen-bond donors (Lipinski definition) is 1. The van der Waals surface area contributed by atoms with E-state index >= 15 is 0 Å². The van der Waals surface area contributed by atoms with E-state index in [0.29, 0.717) is 0 Å². The third-order valence-electron chi connectivity index (χ3n) is 3.94. The number of phenols is 1. The molecule has 1 aliphatic rings. The topological polar surface area (TPSA) is 39.1 Å². The van der Waals surface area contributed by atoms with Crippen molar-refractivity contribution in [3.05, 3.63) is 64.7 Å². The number of halogens is 1. The number of phenolic OH excluding ortho intramolecular Hbond substituents is 1. The Morgan fingerprint density at radius 1 is 1.04 bits per heavy atom. The van der Waals surface area contributed by atoms with E-state index in [1.54, 1.807) is 18.3 Å². The van der Waals surface area contributed by atoms with Gasteiger partial charge in [0.05, 0.1) is 6.21 Å². The molecule has 0 saturated carbocycles. The molecule has 4 nitrogen and oxygen atoms in total. The summed E-state index contributed by atoms with van der Waals surface area (Å²) in [4.78, 5) is 2.39. The first-order chi connectivity index (χ1) is 11.2. The Kier molecular flexibility index (Phi) is 5.16. The van der Waals surface area contributed by atoms with Crippen molar-refractivity contribution in [1.82, 2.24) is 9.91 Å². The lowest BCUT2D eigenvalue weighted by Gasteiger charge is -2.33. The first-order valence-electron chi connectivity index (χ1n) is 7.74. The molecule has 2 aromatic rings. The van der Waals surface area contributed by atoms with Crippen molar-refractivity contribution in [2.75, 3.05) is 26.2 Å². The van der Waals surface area contributed by atoms with Gasteiger partial charge in [-0.3, -0.25) is 9.91 Å². The molecule has 120 valence electrons. The summed E-state index contributed by atoms with van der Waals surface area (Å²) in [6.07, 6.45) is 1.80. The van der Waals surface area contributed by atoms with E-state index in [9.17, 15) is 5.11 Å². The van der Waals surface area contributed by atoms with Gasteiger partial charge in [0.15, 0.2) is 0 Å². The fourth-order valence-corrected chi connectivity index (χ4v) is 2.83. The van der Waals surface area contributed by atoms with E-state index in [4.69, 9.17) is 11.6 Å². The number of aromatic hydroxyl groups is 1. The Bertz CT molecular complexity index is 681. The van der Waals surface area contributed by atoms with Crippen LogP contribution in [0.1, 0.15) is 11.1 Å². The largest absolute Gasteiger partial charge is 0.508 e. The summed E-state index contributed by atoms with van der Waals surface area (Å²) in [5, 5.41) is 16.8. The van der Waals surface area contributed by atoms with Crippen molar-refractivity contribution in [3.8, 4) is 5.75 Å². The number of hydrogen-bond acceptors (Lipinski definition) is 4. The van der Waals surface area contributed by atoms with Gasteiger partial charge < -0.3 is 5.11 Å². The molecule has 0 radical (unpaired) electrons. The summed E-state index contributed by atoms with van der Waals surface area (Å²) in [6.45, 7) is 4.58. The van der Waals surface area contributed by atoms with Crippen LogP contribution in [0.4, 0.5) is 0 Å². The van der Waals surface area contributed by atoms with Crippen molar-refractivity contribution >= 4 is 17.8 Å². The molecule has 1 aliphatic heterocycles. The van der Waals surface area contributed by atoms with Crippen molar-refractivity contribution in [3.63, 3.8) is 0 Å². The molecule has 0 bridgehead atoms. The summed E-state index contributed by atoms with van der Waals surface area (Å²) in [7, 11) is 0. The summed E-state index contributed by atoms with van der Waals surface area (Å²) in [5.41, 5.74) is 2.08. The summed E-state index contributed by atoms with van der Waals surface area (Å²) < 4.78 is 0. The Balaban J connectivity index is 1.51. The molecule has 0 amide bonds. The molecule has 1 saturated heterocycles. The second kappa shape index (κ2) is 7.49. The molecule has 0 spiro atoms. The minimum Gasteiger partial charge on any atom is -0.508 e. The first-order valence-corrected chi connectivity index (χ1v) is 8.12. The smallest absolute Gasteiger partial charge is 0.116 e. The lowest BCUT2D eigenvalue weighted by molar-refractivity contribution is 0.131. The van der Waals surface area contributed by atoms with Crippen LogP contribution in [0.3, 0.4) is 0 Å². The Morgan fingerprint density at radius 3 is 2.57 bits per heavy atom. The van der Waals surface area contributed by atoms with Crippen LogP contribution in [0, 0.1) is 0 Å². The molecule has 2 aromatic carbocycles. The molecular weight excluding hydrogens is 310 g/mol. The molecule has 1 heterocycles. The predicted octanol–water partition coefficient (Wildman–Crippen LogP) is 3.20. The highest BCUT2D eigenvalue weighted by Crippen LogP contribution is 2.18. The zero-order chi connectivity index (χ0) is 16.1. The van der Waals surface area contributed by atoms with Crippen molar-refractivity contribution in [2.45, 2.75) is 6.54 Å². The Hall–Kier alpha value is -2.04. The minimum absolute atomic E-state index is 0.263. The molecule has 3 rings (SSSR count). The van der Waals surface area contributed by atoms with Gasteiger partial charge in [0.25, 0.3) is 0 Å². The maximum Gasteiger partial charge on any atom is 0.116 e. The molecule has 0 aliphatic carbocycles. The van der Waals surface area contributed by atoms with Gasteiger partial charge in [0, 0.05) is 37.7 Å². The zero-order valence-corrected chi connectivity index (χ0v) is 13.7. The Labute approximate surface area is 141 Å². The first kappa shape index (κ1) is 15.8. The number of hydrazone groups is 1. The van der Waals surface area contributed by atoms with Gasteiger partial charge in [-0.1, -0.05) is 41.9 Å². The van der Waals surface area contributed by atoms with Crippen molar-refractivity contribution < 1.29 is 5.11 Å². The normalized spacial score (nSPS) is 16.1. The van der Waals surface area contributed by atoms with Crippen molar-refractivity contribution in [2.24, 2.45) is 5.10 Å². The van der Waals surface area contributed by atoms with Crippen LogP contribution in [0.5, 0.6) is 5.75 Å². The monoisotopic (exact) mass is 329 g/mol. The fourth-order valence-electron chi connectivity index (χ4n) is 2.63. The molecule has 1 fully saturated rings. The lowest BCUT2D eigenvalue weighted by atomic mass is 10.2. The molecular formula is C18H20ClN3O. The molecule has 1 N–H and O–H groups in total. The van der Waals surface area contributed by atoms with Crippen LogP contribution < -0.4 is 0 Å². The van der Waals surface area contributed by atoms with E-state index in [2.05, 4.69) is 21.1 Å². The van der Waals surface area contributed by atoms with Gasteiger partial charge in [-0.2, -0.15) is 5.10 Å². The van der Waals surface area contributed by atoms with Crippen LogP contribution in [-0.2, 0) is 6.54 Å². The SMILES string of the molecule is Oc1cccc(/C=N/N2CCN(Cc3ccccc3Cl)CC2)c1. The Morgan fingerprint density at radius 2 is 1.83 bits per heavy atom. The van der Waals surface area contributed by atoms with Crippen LogP contribution in [0.15, 0.2) is 53.6 Å². The maximum atomic E-state index is 9.45. The van der Waals surface area contributed by atoms with Gasteiger partial charge >= 0.3 is 0 Å². The number of nitrogens with zero attached hydrogens (tertiary/aromatic N) is 3. The van der Waals surface area contributed by atoms with Gasteiger partial charge in [-0.15, -0.1) is 0 Å². The lowest BCUT2D eigenvalue weighted by Crippen LogP contribution is -2.43. The molecule has 0 atom stereocenters. The highest BCUT2D eigenvalue weighted by molar-refractivity contribution is 6.31. The van der Waals surface area contributed by atoms with E-state index in [1.807, 2.05) is 30.3 Å².